The van der Waals surface area contributed by atoms with E-state index in [1.54, 1.807) is 0 Å². The molecule has 1 aliphatic rings. The fraction of sp³-hybridized carbons (Fsp3) is 0.562. The number of methoxy groups -OCH3 is 1. The van der Waals surface area contributed by atoms with Crippen LogP contribution in [0, 0.1) is 11.8 Å². The minimum absolute atomic E-state index is 0.184. The second-order valence-corrected chi connectivity index (χ2v) is 6.32. The van der Waals surface area contributed by atoms with Gasteiger partial charge in [0.1, 0.15) is 5.54 Å². The van der Waals surface area contributed by atoms with E-state index in [-0.39, 0.29) is 11.9 Å². The van der Waals surface area contributed by atoms with Crippen LogP contribution in [0.1, 0.15) is 33.1 Å². The zero-order valence-corrected chi connectivity index (χ0v) is 13.0. The first-order chi connectivity index (χ1) is 9.48. The lowest BCUT2D eigenvalue weighted by Crippen LogP contribution is -2.55. The fourth-order valence-corrected chi connectivity index (χ4v) is 3.34. The van der Waals surface area contributed by atoms with Gasteiger partial charge in [-0.25, -0.2) is 4.79 Å². The van der Waals surface area contributed by atoms with E-state index in [0.717, 1.165) is 24.9 Å². The van der Waals surface area contributed by atoms with Gasteiger partial charge in [-0.2, -0.15) is 0 Å². The van der Waals surface area contributed by atoms with Crippen molar-refractivity contribution in [1.82, 2.24) is 0 Å². The first kappa shape index (κ1) is 15.2. The molecule has 0 aliphatic heterocycles. The molecule has 3 atom stereocenters. The highest BCUT2D eigenvalue weighted by Crippen LogP contribution is 2.40. The fourth-order valence-electron chi connectivity index (χ4n) is 3.15. The Labute approximate surface area is 125 Å². The second kappa shape index (κ2) is 6.04. The van der Waals surface area contributed by atoms with Gasteiger partial charge in [0.25, 0.3) is 0 Å². The molecule has 1 aromatic rings. The predicted molar refractivity (Wildman–Crippen MR) is 82.0 cm³/mol. The maximum Gasteiger partial charge on any atom is 0.331 e. The van der Waals surface area contributed by atoms with Crippen LogP contribution < -0.4 is 5.32 Å². The lowest BCUT2D eigenvalue weighted by atomic mass is 9.69. The Morgan fingerprint density at radius 2 is 2.15 bits per heavy atom. The number of carbonyl (C=O) groups excluding carboxylic acids is 1. The van der Waals surface area contributed by atoms with Crippen LogP contribution in [-0.2, 0) is 9.53 Å². The zero-order valence-electron chi connectivity index (χ0n) is 12.3. The van der Waals surface area contributed by atoms with Crippen LogP contribution in [0.25, 0.3) is 0 Å². The zero-order chi connectivity index (χ0) is 14.8. The van der Waals surface area contributed by atoms with Gasteiger partial charge in [-0.05, 0) is 42.9 Å². The van der Waals surface area contributed by atoms with E-state index in [4.69, 9.17) is 16.3 Å². The third-order valence-electron chi connectivity index (χ3n) is 4.35. The van der Waals surface area contributed by atoms with E-state index in [9.17, 15) is 4.79 Å². The van der Waals surface area contributed by atoms with E-state index in [1.165, 1.54) is 7.11 Å². The molecule has 1 saturated carbocycles. The van der Waals surface area contributed by atoms with E-state index in [2.05, 4.69) is 19.2 Å². The third-order valence-corrected chi connectivity index (χ3v) is 4.58. The molecule has 0 saturated heterocycles. The number of benzene rings is 1. The molecule has 0 bridgehead atoms. The highest BCUT2D eigenvalue weighted by molar-refractivity contribution is 6.30. The first-order valence-corrected chi connectivity index (χ1v) is 7.48. The van der Waals surface area contributed by atoms with Gasteiger partial charge < -0.3 is 10.1 Å². The van der Waals surface area contributed by atoms with E-state index in [0.29, 0.717) is 10.9 Å². The van der Waals surface area contributed by atoms with Crippen LogP contribution >= 0.6 is 11.6 Å². The highest BCUT2D eigenvalue weighted by atomic mass is 35.5. The molecular weight excluding hydrogens is 274 g/mol. The largest absolute Gasteiger partial charge is 0.467 e. The molecule has 0 radical (unpaired) electrons. The first-order valence-electron chi connectivity index (χ1n) is 7.10. The average molecular weight is 296 g/mol. The van der Waals surface area contributed by atoms with Gasteiger partial charge in [0.15, 0.2) is 0 Å². The average Bonchev–Trinajstić information content (AvgIpc) is 2.42. The molecule has 0 spiro atoms. The summed E-state index contributed by atoms with van der Waals surface area (Å²) >= 11 is 6.03. The molecule has 20 heavy (non-hydrogen) atoms. The molecule has 0 heterocycles. The summed E-state index contributed by atoms with van der Waals surface area (Å²) in [5.74, 6) is 0.540. The minimum Gasteiger partial charge on any atom is -0.467 e. The Kier molecular flexibility index (Phi) is 4.59. The number of carbonyl (C=O) groups is 1. The Morgan fingerprint density at radius 1 is 1.40 bits per heavy atom. The van der Waals surface area contributed by atoms with Gasteiger partial charge in [-0.15, -0.1) is 0 Å². The summed E-state index contributed by atoms with van der Waals surface area (Å²) in [7, 11) is 1.45. The predicted octanol–water partition coefficient (Wildman–Crippen LogP) is 4.12. The molecular formula is C16H22ClNO2. The SMILES string of the molecule is COC(=O)C1(Nc2cccc(Cl)c2)CC(C)CCC1C. The number of hydrogen-bond donors (Lipinski definition) is 1. The third kappa shape index (κ3) is 2.93. The normalized spacial score (nSPS) is 29.8. The molecule has 3 nitrogen and oxygen atoms in total. The topological polar surface area (TPSA) is 38.3 Å². The monoisotopic (exact) mass is 295 g/mol. The van der Waals surface area contributed by atoms with Gasteiger partial charge in [-0.1, -0.05) is 37.9 Å². The van der Waals surface area contributed by atoms with Crippen molar-refractivity contribution < 1.29 is 9.53 Å². The number of hydrogen-bond acceptors (Lipinski definition) is 3. The van der Waals surface area contributed by atoms with Crippen molar-refractivity contribution in [2.75, 3.05) is 12.4 Å². The summed E-state index contributed by atoms with van der Waals surface area (Å²) in [4.78, 5) is 12.4. The molecule has 1 aliphatic carbocycles. The quantitative estimate of drug-likeness (QED) is 0.853. The van der Waals surface area contributed by atoms with Crippen LogP contribution in [-0.4, -0.2) is 18.6 Å². The summed E-state index contributed by atoms with van der Waals surface area (Å²) in [6, 6.07) is 7.48. The van der Waals surface area contributed by atoms with Crippen molar-refractivity contribution >= 4 is 23.3 Å². The van der Waals surface area contributed by atoms with Crippen LogP contribution in [0.2, 0.25) is 5.02 Å². The van der Waals surface area contributed by atoms with E-state index < -0.39 is 5.54 Å². The lowest BCUT2D eigenvalue weighted by Gasteiger charge is -2.43. The summed E-state index contributed by atoms with van der Waals surface area (Å²) in [5.41, 5.74) is 0.209. The number of halogens is 1. The molecule has 1 aromatic carbocycles. The number of esters is 1. The van der Waals surface area contributed by atoms with Gasteiger partial charge in [0, 0.05) is 10.7 Å². The van der Waals surface area contributed by atoms with Crippen molar-refractivity contribution in [3.63, 3.8) is 0 Å². The lowest BCUT2D eigenvalue weighted by molar-refractivity contribution is -0.150. The number of rotatable bonds is 3. The smallest absolute Gasteiger partial charge is 0.331 e. The number of anilines is 1. The summed E-state index contributed by atoms with van der Waals surface area (Å²) in [6.07, 6.45) is 2.95. The molecule has 110 valence electrons. The molecule has 4 heteroatoms. The molecule has 3 unspecified atom stereocenters. The molecule has 0 amide bonds. The summed E-state index contributed by atoms with van der Waals surface area (Å²) in [6.45, 7) is 4.30. The van der Waals surface area contributed by atoms with E-state index >= 15 is 0 Å². The minimum atomic E-state index is -0.656. The van der Waals surface area contributed by atoms with Crippen LogP contribution in [0.4, 0.5) is 5.69 Å². The van der Waals surface area contributed by atoms with Crippen molar-refractivity contribution in [3.05, 3.63) is 29.3 Å². The molecule has 1 N–H and O–H groups in total. The van der Waals surface area contributed by atoms with E-state index in [1.807, 2.05) is 24.3 Å². The second-order valence-electron chi connectivity index (χ2n) is 5.89. The Balaban J connectivity index is 2.34. The Hall–Kier alpha value is -1.22. The Bertz CT molecular complexity index is 491. The van der Waals surface area contributed by atoms with Crippen molar-refractivity contribution in [1.29, 1.82) is 0 Å². The van der Waals surface area contributed by atoms with Crippen molar-refractivity contribution in [3.8, 4) is 0 Å². The van der Waals surface area contributed by atoms with Gasteiger partial charge in [0.05, 0.1) is 7.11 Å². The summed E-state index contributed by atoms with van der Waals surface area (Å²) in [5, 5.41) is 4.07. The standard InChI is InChI=1S/C16H22ClNO2/c1-11-7-8-12(2)16(10-11,15(19)20-3)18-14-6-4-5-13(17)9-14/h4-6,9,11-12,18H,7-8,10H2,1-3H3. The van der Waals surface area contributed by atoms with Gasteiger partial charge in [-0.3, -0.25) is 0 Å². The maximum absolute atomic E-state index is 12.4. The van der Waals surface area contributed by atoms with Crippen molar-refractivity contribution in [2.24, 2.45) is 11.8 Å². The highest BCUT2D eigenvalue weighted by Gasteiger charge is 2.47. The van der Waals surface area contributed by atoms with Crippen LogP contribution in [0.5, 0.6) is 0 Å². The molecule has 1 fully saturated rings. The molecule has 2 rings (SSSR count). The maximum atomic E-state index is 12.4. The van der Waals surface area contributed by atoms with Gasteiger partial charge in [0.2, 0.25) is 0 Å². The van der Waals surface area contributed by atoms with Crippen LogP contribution in [0.15, 0.2) is 24.3 Å². The Morgan fingerprint density at radius 3 is 2.80 bits per heavy atom. The van der Waals surface area contributed by atoms with Crippen LogP contribution in [0.3, 0.4) is 0 Å². The van der Waals surface area contributed by atoms with Gasteiger partial charge >= 0.3 is 5.97 Å². The summed E-state index contributed by atoms with van der Waals surface area (Å²) < 4.78 is 5.08. The van der Waals surface area contributed by atoms with Crippen molar-refractivity contribution in [2.45, 2.75) is 38.6 Å². The number of ether oxygens (including phenoxy) is 1. The number of nitrogens with one attached hydrogen (secondary N) is 1. The molecule has 0 aromatic heterocycles.